The Bertz CT molecular complexity index is 260. The van der Waals surface area contributed by atoms with Gasteiger partial charge in [0.1, 0.15) is 0 Å². The van der Waals surface area contributed by atoms with E-state index in [0.717, 1.165) is 0 Å². The van der Waals surface area contributed by atoms with E-state index in [-0.39, 0.29) is 0 Å². The van der Waals surface area contributed by atoms with Crippen molar-refractivity contribution in [3.8, 4) is 0 Å². The number of rotatable bonds is 4. The highest BCUT2D eigenvalue weighted by Crippen LogP contribution is 2.40. The van der Waals surface area contributed by atoms with Crippen molar-refractivity contribution >= 4 is 11.3 Å². The summed E-state index contributed by atoms with van der Waals surface area (Å²) >= 11 is 1.82. The molecular formula is C12H19NS. The van der Waals surface area contributed by atoms with E-state index in [0.29, 0.717) is 5.41 Å². The second-order valence-electron chi connectivity index (χ2n) is 4.55. The van der Waals surface area contributed by atoms with Gasteiger partial charge in [-0.15, -0.1) is 0 Å². The Hall–Kier alpha value is -0.340. The molecule has 1 aromatic rings. The fourth-order valence-electron chi connectivity index (χ4n) is 2.74. The Morgan fingerprint density at radius 1 is 1.43 bits per heavy atom. The van der Waals surface area contributed by atoms with Crippen LogP contribution in [-0.4, -0.2) is 13.6 Å². The van der Waals surface area contributed by atoms with Crippen LogP contribution in [0.3, 0.4) is 0 Å². The summed E-state index contributed by atoms with van der Waals surface area (Å²) in [5.74, 6) is 0. The van der Waals surface area contributed by atoms with Gasteiger partial charge in [0, 0.05) is 6.54 Å². The highest BCUT2D eigenvalue weighted by Gasteiger charge is 2.33. The zero-order chi connectivity index (χ0) is 9.86. The van der Waals surface area contributed by atoms with Crippen LogP contribution in [0.15, 0.2) is 16.8 Å². The number of thiophene rings is 1. The normalized spacial score (nSPS) is 20.1. The lowest BCUT2D eigenvalue weighted by Crippen LogP contribution is -2.31. The van der Waals surface area contributed by atoms with Crippen molar-refractivity contribution in [1.29, 1.82) is 0 Å². The number of nitrogens with one attached hydrogen (secondary N) is 1. The Kier molecular flexibility index (Phi) is 3.24. The van der Waals surface area contributed by atoms with E-state index < -0.39 is 0 Å². The third kappa shape index (κ3) is 2.18. The first-order valence-electron chi connectivity index (χ1n) is 5.50. The molecule has 1 aliphatic rings. The third-order valence-electron chi connectivity index (χ3n) is 3.38. The summed E-state index contributed by atoms with van der Waals surface area (Å²) in [6.07, 6.45) is 6.93. The Labute approximate surface area is 90.5 Å². The SMILES string of the molecule is CNCC1(Cc2ccsc2)CCCC1. The lowest BCUT2D eigenvalue weighted by Gasteiger charge is -2.28. The van der Waals surface area contributed by atoms with Gasteiger partial charge in [0.15, 0.2) is 0 Å². The summed E-state index contributed by atoms with van der Waals surface area (Å²) in [5.41, 5.74) is 2.10. The van der Waals surface area contributed by atoms with Crippen LogP contribution in [0.4, 0.5) is 0 Å². The molecule has 0 radical (unpaired) electrons. The molecule has 1 N–H and O–H groups in total. The Morgan fingerprint density at radius 2 is 2.21 bits per heavy atom. The Balaban J connectivity index is 2.04. The van der Waals surface area contributed by atoms with Gasteiger partial charge in [-0.2, -0.15) is 11.3 Å². The van der Waals surface area contributed by atoms with Gasteiger partial charge in [-0.3, -0.25) is 0 Å². The smallest absolute Gasteiger partial charge is 0.000800 e. The topological polar surface area (TPSA) is 12.0 Å². The first kappa shape index (κ1) is 10.2. The van der Waals surface area contributed by atoms with Gasteiger partial charge in [0.25, 0.3) is 0 Å². The molecule has 0 aromatic carbocycles. The number of hydrogen-bond donors (Lipinski definition) is 1. The maximum Gasteiger partial charge on any atom is 0.000800 e. The minimum atomic E-state index is 0.565. The van der Waals surface area contributed by atoms with Crippen LogP contribution in [0.2, 0.25) is 0 Å². The molecule has 0 saturated heterocycles. The predicted molar refractivity (Wildman–Crippen MR) is 62.9 cm³/mol. The van der Waals surface area contributed by atoms with Gasteiger partial charge in [-0.05, 0) is 54.1 Å². The maximum atomic E-state index is 3.37. The lowest BCUT2D eigenvalue weighted by molar-refractivity contribution is 0.286. The molecule has 1 saturated carbocycles. The van der Waals surface area contributed by atoms with Crippen molar-refractivity contribution in [1.82, 2.24) is 5.32 Å². The number of hydrogen-bond acceptors (Lipinski definition) is 2. The van der Waals surface area contributed by atoms with E-state index in [1.807, 2.05) is 11.3 Å². The molecule has 2 heteroatoms. The third-order valence-corrected chi connectivity index (χ3v) is 4.11. The quantitative estimate of drug-likeness (QED) is 0.803. The lowest BCUT2D eigenvalue weighted by atomic mass is 9.80. The molecule has 0 bridgehead atoms. The molecule has 0 atom stereocenters. The average Bonchev–Trinajstić information content (AvgIpc) is 2.78. The molecule has 1 heterocycles. The molecule has 78 valence electrons. The van der Waals surface area contributed by atoms with Crippen molar-refractivity contribution in [2.45, 2.75) is 32.1 Å². The molecule has 0 aliphatic heterocycles. The average molecular weight is 209 g/mol. The largest absolute Gasteiger partial charge is 0.319 e. The van der Waals surface area contributed by atoms with Crippen molar-refractivity contribution in [2.24, 2.45) is 5.41 Å². The molecule has 1 aliphatic carbocycles. The highest BCUT2D eigenvalue weighted by molar-refractivity contribution is 7.07. The molecule has 0 amide bonds. The van der Waals surface area contributed by atoms with Crippen LogP contribution in [0, 0.1) is 5.41 Å². The summed E-state index contributed by atoms with van der Waals surface area (Å²) in [4.78, 5) is 0. The van der Waals surface area contributed by atoms with Crippen LogP contribution in [-0.2, 0) is 6.42 Å². The summed E-state index contributed by atoms with van der Waals surface area (Å²) in [5, 5.41) is 7.86. The molecule has 0 spiro atoms. The van der Waals surface area contributed by atoms with E-state index >= 15 is 0 Å². The fraction of sp³-hybridized carbons (Fsp3) is 0.667. The van der Waals surface area contributed by atoms with E-state index in [9.17, 15) is 0 Å². The minimum absolute atomic E-state index is 0.565. The molecular weight excluding hydrogens is 190 g/mol. The second-order valence-corrected chi connectivity index (χ2v) is 5.33. The van der Waals surface area contributed by atoms with Crippen molar-refractivity contribution in [3.63, 3.8) is 0 Å². The molecule has 1 aromatic heterocycles. The van der Waals surface area contributed by atoms with E-state index in [1.165, 1.54) is 44.2 Å². The van der Waals surface area contributed by atoms with Gasteiger partial charge in [0.2, 0.25) is 0 Å². The predicted octanol–water partition coefficient (Wildman–Crippen LogP) is 3.07. The zero-order valence-electron chi connectivity index (χ0n) is 8.88. The highest BCUT2D eigenvalue weighted by atomic mass is 32.1. The monoisotopic (exact) mass is 209 g/mol. The summed E-state index contributed by atoms with van der Waals surface area (Å²) in [6.45, 7) is 1.18. The van der Waals surface area contributed by atoms with Crippen LogP contribution in [0.25, 0.3) is 0 Å². The van der Waals surface area contributed by atoms with Crippen LogP contribution in [0.1, 0.15) is 31.2 Å². The Morgan fingerprint density at radius 3 is 2.79 bits per heavy atom. The van der Waals surface area contributed by atoms with Crippen LogP contribution >= 0.6 is 11.3 Å². The van der Waals surface area contributed by atoms with E-state index in [1.54, 1.807) is 0 Å². The standard InChI is InChI=1S/C12H19NS/c1-13-10-12(5-2-3-6-12)8-11-4-7-14-9-11/h4,7,9,13H,2-3,5-6,8,10H2,1H3. The van der Waals surface area contributed by atoms with Gasteiger partial charge in [-0.25, -0.2) is 0 Å². The molecule has 14 heavy (non-hydrogen) atoms. The first-order chi connectivity index (χ1) is 6.85. The molecule has 1 fully saturated rings. The van der Waals surface area contributed by atoms with E-state index in [4.69, 9.17) is 0 Å². The van der Waals surface area contributed by atoms with Gasteiger partial charge in [0.05, 0.1) is 0 Å². The summed E-state index contributed by atoms with van der Waals surface area (Å²) in [7, 11) is 2.08. The first-order valence-corrected chi connectivity index (χ1v) is 6.45. The molecule has 2 rings (SSSR count). The summed E-state index contributed by atoms with van der Waals surface area (Å²) in [6, 6.07) is 2.28. The second kappa shape index (κ2) is 4.45. The minimum Gasteiger partial charge on any atom is -0.319 e. The molecule has 0 unspecified atom stereocenters. The van der Waals surface area contributed by atoms with Gasteiger partial charge < -0.3 is 5.32 Å². The van der Waals surface area contributed by atoms with Crippen molar-refractivity contribution < 1.29 is 0 Å². The van der Waals surface area contributed by atoms with E-state index in [2.05, 4.69) is 29.2 Å². The summed E-state index contributed by atoms with van der Waals surface area (Å²) < 4.78 is 0. The van der Waals surface area contributed by atoms with Crippen molar-refractivity contribution in [2.75, 3.05) is 13.6 Å². The maximum absolute atomic E-state index is 3.37. The zero-order valence-corrected chi connectivity index (χ0v) is 9.70. The molecule has 1 nitrogen and oxygen atoms in total. The van der Waals surface area contributed by atoms with Gasteiger partial charge >= 0.3 is 0 Å². The van der Waals surface area contributed by atoms with Crippen molar-refractivity contribution in [3.05, 3.63) is 22.4 Å². The van der Waals surface area contributed by atoms with Crippen LogP contribution in [0.5, 0.6) is 0 Å². The van der Waals surface area contributed by atoms with Gasteiger partial charge in [-0.1, -0.05) is 12.8 Å². The fourth-order valence-corrected chi connectivity index (χ4v) is 3.41. The van der Waals surface area contributed by atoms with Crippen LogP contribution < -0.4 is 5.32 Å².